The fourth-order valence-corrected chi connectivity index (χ4v) is 0.808. The molecule has 1 heterocycles. The van der Waals surface area contributed by atoms with Crippen molar-refractivity contribution in [1.29, 1.82) is 0 Å². The van der Waals surface area contributed by atoms with Crippen LogP contribution in [0, 0.1) is 0 Å². The molecule has 0 aliphatic carbocycles. The van der Waals surface area contributed by atoms with Crippen LogP contribution in [0.2, 0.25) is 0 Å². The maximum absolute atomic E-state index is 10.4. The molecule has 0 radical (unpaired) electrons. The first-order valence-corrected chi connectivity index (χ1v) is 3.31. The van der Waals surface area contributed by atoms with Crippen molar-refractivity contribution in [2.45, 2.75) is 0 Å². The van der Waals surface area contributed by atoms with E-state index in [1.54, 1.807) is 7.05 Å². The summed E-state index contributed by atoms with van der Waals surface area (Å²) in [7, 11) is 1.67. The Hall–Kier alpha value is -1.78. The van der Waals surface area contributed by atoms with Crippen LogP contribution in [0.3, 0.4) is 0 Å². The van der Waals surface area contributed by atoms with E-state index >= 15 is 0 Å². The van der Waals surface area contributed by atoms with Crippen molar-refractivity contribution in [3.63, 3.8) is 0 Å². The minimum absolute atomic E-state index is 0.0894. The third-order valence-corrected chi connectivity index (χ3v) is 1.40. The average Bonchev–Trinajstić information content (AvgIpc) is 2.04. The Morgan fingerprint density at radius 2 is 2.42 bits per heavy atom. The Bertz CT molecular complexity index is 312. The number of aromatic carboxylic acids is 1. The number of nitrogens with two attached hydrogens (primary N) is 1. The molecule has 1 aromatic heterocycles. The van der Waals surface area contributed by atoms with Gasteiger partial charge >= 0.3 is 5.97 Å². The third-order valence-electron chi connectivity index (χ3n) is 1.40. The number of hydrogen-bond donors (Lipinski definition) is 3. The standard InChI is InChI=1S/C7H9N3O2/c1-9-6-5(8)2-4(3-10-6)7(11)12/h2-3H,8H2,1H3,(H,9,10)(H,11,12). The Labute approximate surface area is 69.2 Å². The van der Waals surface area contributed by atoms with E-state index in [1.165, 1.54) is 12.3 Å². The number of pyridine rings is 1. The molecule has 5 nitrogen and oxygen atoms in total. The number of carbonyl (C=O) groups is 1. The number of nitrogens with one attached hydrogen (secondary N) is 1. The van der Waals surface area contributed by atoms with Crippen LogP contribution in [0.4, 0.5) is 11.5 Å². The van der Waals surface area contributed by atoms with Crippen molar-refractivity contribution in [3.05, 3.63) is 17.8 Å². The van der Waals surface area contributed by atoms with Gasteiger partial charge in [0.15, 0.2) is 0 Å². The lowest BCUT2D eigenvalue weighted by Gasteiger charge is -2.03. The molecule has 0 atom stereocenters. The number of carboxylic acids is 1. The lowest BCUT2D eigenvalue weighted by Crippen LogP contribution is -2.03. The van der Waals surface area contributed by atoms with Gasteiger partial charge in [-0.1, -0.05) is 0 Å². The molecule has 0 saturated heterocycles. The van der Waals surface area contributed by atoms with Crippen LogP contribution in [-0.2, 0) is 0 Å². The van der Waals surface area contributed by atoms with E-state index in [-0.39, 0.29) is 5.56 Å². The van der Waals surface area contributed by atoms with E-state index in [0.29, 0.717) is 11.5 Å². The maximum atomic E-state index is 10.4. The van der Waals surface area contributed by atoms with Gasteiger partial charge in [0.1, 0.15) is 5.82 Å². The minimum atomic E-state index is -1.03. The average molecular weight is 167 g/mol. The summed E-state index contributed by atoms with van der Waals surface area (Å²) >= 11 is 0. The summed E-state index contributed by atoms with van der Waals surface area (Å²) < 4.78 is 0. The highest BCUT2D eigenvalue weighted by Gasteiger charge is 2.05. The number of nitrogen functional groups attached to an aromatic ring is 1. The first-order valence-electron chi connectivity index (χ1n) is 3.31. The van der Waals surface area contributed by atoms with E-state index in [1.807, 2.05) is 0 Å². The smallest absolute Gasteiger partial charge is 0.337 e. The quantitative estimate of drug-likeness (QED) is 0.593. The molecule has 0 aliphatic heterocycles. The highest BCUT2D eigenvalue weighted by molar-refractivity contribution is 5.89. The molecular formula is C7H9N3O2. The summed E-state index contributed by atoms with van der Waals surface area (Å²) in [6, 6.07) is 1.36. The summed E-state index contributed by atoms with van der Waals surface area (Å²) in [5, 5.41) is 11.3. The predicted molar refractivity (Wildman–Crippen MR) is 45.2 cm³/mol. The third kappa shape index (κ3) is 1.45. The van der Waals surface area contributed by atoms with Crippen LogP contribution in [0.5, 0.6) is 0 Å². The molecule has 0 fully saturated rings. The van der Waals surface area contributed by atoms with E-state index in [4.69, 9.17) is 10.8 Å². The minimum Gasteiger partial charge on any atom is -0.478 e. The van der Waals surface area contributed by atoms with Gasteiger partial charge in [0, 0.05) is 13.2 Å². The summed E-state index contributed by atoms with van der Waals surface area (Å²) in [5.74, 6) is -0.545. The predicted octanol–water partition coefficient (Wildman–Crippen LogP) is 0.404. The summed E-state index contributed by atoms with van der Waals surface area (Å²) in [5.41, 5.74) is 5.90. The van der Waals surface area contributed by atoms with Crippen molar-refractivity contribution >= 4 is 17.5 Å². The van der Waals surface area contributed by atoms with Crippen molar-refractivity contribution in [3.8, 4) is 0 Å². The largest absolute Gasteiger partial charge is 0.478 e. The fraction of sp³-hybridized carbons (Fsp3) is 0.143. The van der Waals surface area contributed by atoms with Crippen LogP contribution < -0.4 is 11.1 Å². The summed E-state index contributed by atoms with van der Waals surface area (Å²) in [4.78, 5) is 14.2. The molecule has 1 rings (SSSR count). The zero-order chi connectivity index (χ0) is 9.14. The Morgan fingerprint density at radius 1 is 1.75 bits per heavy atom. The lowest BCUT2D eigenvalue weighted by molar-refractivity contribution is 0.0696. The van der Waals surface area contributed by atoms with Crippen molar-refractivity contribution in [2.75, 3.05) is 18.1 Å². The number of hydrogen-bond acceptors (Lipinski definition) is 4. The number of nitrogens with zero attached hydrogens (tertiary/aromatic N) is 1. The highest BCUT2D eigenvalue weighted by atomic mass is 16.4. The zero-order valence-electron chi connectivity index (χ0n) is 6.53. The van der Waals surface area contributed by atoms with E-state index < -0.39 is 5.97 Å². The van der Waals surface area contributed by atoms with Crippen molar-refractivity contribution in [2.24, 2.45) is 0 Å². The van der Waals surface area contributed by atoms with E-state index in [2.05, 4.69) is 10.3 Å². The van der Waals surface area contributed by atoms with Gasteiger partial charge < -0.3 is 16.2 Å². The Morgan fingerprint density at radius 3 is 2.83 bits per heavy atom. The molecule has 0 aromatic carbocycles. The molecule has 0 unspecified atom stereocenters. The number of aromatic nitrogens is 1. The molecule has 4 N–H and O–H groups in total. The zero-order valence-corrected chi connectivity index (χ0v) is 6.53. The van der Waals surface area contributed by atoms with Crippen LogP contribution in [0.15, 0.2) is 12.3 Å². The molecule has 1 aromatic rings. The first kappa shape index (κ1) is 8.32. The van der Waals surface area contributed by atoms with E-state index in [9.17, 15) is 4.79 Å². The lowest BCUT2D eigenvalue weighted by atomic mass is 10.2. The molecule has 64 valence electrons. The second-order valence-electron chi connectivity index (χ2n) is 2.22. The van der Waals surface area contributed by atoms with Crippen molar-refractivity contribution in [1.82, 2.24) is 4.98 Å². The first-order chi connectivity index (χ1) is 5.65. The maximum Gasteiger partial charge on any atom is 0.337 e. The molecule has 0 amide bonds. The number of carboxylic acid groups (broad SMARTS) is 1. The second-order valence-corrected chi connectivity index (χ2v) is 2.22. The Balaban J connectivity index is 3.10. The molecule has 0 aliphatic rings. The van der Waals surface area contributed by atoms with Crippen LogP contribution in [0.25, 0.3) is 0 Å². The van der Waals surface area contributed by atoms with Gasteiger partial charge in [-0.3, -0.25) is 0 Å². The topological polar surface area (TPSA) is 88.2 Å². The van der Waals surface area contributed by atoms with Gasteiger partial charge in [0.05, 0.1) is 11.3 Å². The van der Waals surface area contributed by atoms with Gasteiger partial charge in [-0.05, 0) is 6.07 Å². The van der Waals surface area contributed by atoms with Gasteiger partial charge in [-0.15, -0.1) is 0 Å². The Kier molecular flexibility index (Phi) is 2.14. The van der Waals surface area contributed by atoms with Crippen LogP contribution >= 0.6 is 0 Å². The monoisotopic (exact) mass is 167 g/mol. The number of anilines is 2. The summed E-state index contributed by atoms with van der Waals surface area (Å²) in [6.07, 6.45) is 1.25. The number of rotatable bonds is 2. The molecule has 12 heavy (non-hydrogen) atoms. The van der Waals surface area contributed by atoms with Crippen molar-refractivity contribution < 1.29 is 9.90 Å². The van der Waals surface area contributed by atoms with Crippen LogP contribution in [-0.4, -0.2) is 23.1 Å². The van der Waals surface area contributed by atoms with Gasteiger partial charge in [-0.2, -0.15) is 0 Å². The second kappa shape index (κ2) is 3.08. The fourth-order valence-electron chi connectivity index (χ4n) is 0.808. The highest BCUT2D eigenvalue weighted by Crippen LogP contribution is 2.14. The van der Waals surface area contributed by atoms with Gasteiger partial charge in [0.25, 0.3) is 0 Å². The van der Waals surface area contributed by atoms with Gasteiger partial charge in [-0.25, -0.2) is 9.78 Å². The SMILES string of the molecule is CNc1ncc(C(=O)O)cc1N. The van der Waals surface area contributed by atoms with Gasteiger partial charge in [0.2, 0.25) is 0 Å². The summed E-state index contributed by atoms with van der Waals surface area (Å²) in [6.45, 7) is 0. The molecule has 5 heteroatoms. The van der Waals surface area contributed by atoms with Crippen LogP contribution in [0.1, 0.15) is 10.4 Å². The molecule has 0 spiro atoms. The molecule has 0 bridgehead atoms. The molecule has 0 saturated carbocycles. The van der Waals surface area contributed by atoms with E-state index in [0.717, 1.165) is 0 Å². The molecular weight excluding hydrogens is 158 g/mol. The normalized spacial score (nSPS) is 9.42.